The molecule has 1 aromatic rings. The molecule has 0 radical (unpaired) electrons. The van der Waals surface area contributed by atoms with Crippen LogP contribution in [0.15, 0.2) is 0 Å². The molecule has 1 fully saturated rings. The maximum atomic E-state index is 5.76. The third-order valence-electron chi connectivity index (χ3n) is 2.87. The molecule has 1 aliphatic rings. The van der Waals surface area contributed by atoms with Crippen LogP contribution in [-0.4, -0.2) is 63.7 Å². The lowest BCUT2D eigenvalue weighted by Crippen LogP contribution is -2.33. The summed E-state index contributed by atoms with van der Waals surface area (Å²) in [5, 5.41) is 11.6. The van der Waals surface area contributed by atoms with E-state index in [2.05, 4.69) is 25.3 Å². The first kappa shape index (κ1) is 11.6. The normalized spacial score (nSPS) is 18.8. The Bertz CT molecular complexity index is 328. The Balaban J connectivity index is 1.96. The number of alkyl halides is 1. The highest BCUT2D eigenvalue weighted by Gasteiger charge is 2.18. The molecule has 0 unspecified atom stereocenters. The standard InChI is InChI=1S/C9H17ClN6/c1-14-9(11-12-13-14)16-5-2-4-15(6-3-10)7-8-16/h2-8H2,1H3. The van der Waals surface area contributed by atoms with Gasteiger partial charge in [-0.1, -0.05) is 5.10 Å². The van der Waals surface area contributed by atoms with Crippen molar-refractivity contribution in [1.82, 2.24) is 25.1 Å². The van der Waals surface area contributed by atoms with Crippen molar-refractivity contribution in [1.29, 1.82) is 0 Å². The highest BCUT2D eigenvalue weighted by molar-refractivity contribution is 6.18. The number of rotatable bonds is 3. The minimum atomic E-state index is 0.700. The van der Waals surface area contributed by atoms with E-state index in [1.54, 1.807) is 4.68 Å². The molecular weight excluding hydrogens is 228 g/mol. The average molecular weight is 245 g/mol. The maximum Gasteiger partial charge on any atom is 0.245 e. The predicted molar refractivity (Wildman–Crippen MR) is 62.8 cm³/mol. The average Bonchev–Trinajstić information content (AvgIpc) is 2.57. The molecular formula is C9H17ClN6. The second-order valence-corrected chi connectivity index (χ2v) is 4.35. The summed E-state index contributed by atoms with van der Waals surface area (Å²) in [6, 6.07) is 0. The van der Waals surface area contributed by atoms with Crippen molar-refractivity contribution >= 4 is 17.5 Å². The summed E-state index contributed by atoms with van der Waals surface area (Å²) in [5.41, 5.74) is 0. The molecule has 1 aliphatic heterocycles. The van der Waals surface area contributed by atoms with Crippen molar-refractivity contribution in [3.63, 3.8) is 0 Å². The predicted octanol–water partition coefficient (Wildman–Crippen LogP) is -0.0390. The first-order valence-corrected chi connectivity index (χ1v) is 6.10. The van der Waals surface area contributed by atoms with Crippen LogP contribution in [0.1, 0.15) is 6.42 Å². The zero-order valence-electron chi connectivity index (χ0n) is 9.51. The van der Waals surface area contributed by atoms with Crippen LogP contribution in [0.5, 0.6) is 0 Å². The van der Waals surface area contributed by atoms with Gasteiger partial charge in [-0.05, 0) is 23.4 Å². The molecule has 0 bridgehead atoms. The minimum absolute atomic E-state index is 0.700. The number of aryl methyl sites for hydroxylation is 1. The van der Waals surface area contributed by atoms with E-state index >= 15 is 0 Å². The lowest BCUT2D eigenvalue weighted by Gasteiger charge is -2.20. The van der Waals surface area contributed by atoms with Crippen molar-refractivity contribution in [3.8, 4) is 0 Å². The molecule has 1 saturated heterocycles. The lowest BCUT2D eigenvalue weighted by atomic mass is 10.4. The number of hydrogen-bond donors (Lipinski definition) is 0. The first-order valence-electron chi connectivity index (χ1n) is 5.57. The van der Waals surface area contributed by atoms with Crippen molar-refractivity contribution in [2.24, 2.45) is 7.05 Å². The molecule has 1 aromatic heterocycles. The molecule has 0 atom stereocenters. The molecule has 0 aromatic carbocycles. The molecule has 2 rings (SSSR count). The Morgan fingerprint density at radius 3 is 2.81 bits per heavy atom. The third kappa shape index (κ3) is 2.62. The highest BCUT2D eigenvalue weighted by Crippen LogP contribution is 2.10. The largest absolute Gasteiger partial charge is 0.338 e. The number of tetrazole rings is 1. The van der Waals surface area contributed by atoms with Gasteiger partial charge in [-0.15, -0.1) is 11.6 Å². The molecule has 0 N–H and O–H groups in total. The fourth-order valence-corrected chi connectivity index (χ4v) is 2.25. The maximum absolute atomic E-state index is 5.76. The number of hydrogen-bond acceptors (Lipinski definition) is 5. The zero-order valence-corrected chi connectivity index (χ0v) is 10.3. The van der Waals surface area contributed by atoms with Crippen LogP contribution in [0.25, 0.3) is 0 Å². The fraction of sp³-hybridized carbons (Fsp3) is 0.889. The van der Waals surface area contributed by atoms with Gasteiger partial charge in [-0.3, -0.25) is 0 Å². The Morgan fingerprint density at radius 1 is 1.25 bits per heavy atom. The van der Waals surface area contributed by atoms with Gasteiger partial charge >= 0.3 is 0 Å². The quantitative estimate of drug-likeness (QED) is 0.699. The van der Waals surface area contributed by atoms with Crippen LogP contribution >= 0.6 is 11.6 Å². The third-order valence-corrected chi connectivity index (χ3v) is 3.04. The molecule has 90 valence electrons. The van der Waals surface area contributed by atoms with Gasteiger partial charge in [0.15, 0.2) is 0 Å². The van der Waals surface area contributed by atoms with Crippen molar-refractivity contribution in [2.45, 2.75) is 6.42 Å². The second-order valence-electron chi connectivity index (χ2n) is 3.97. The summed E-state index contributed by atoms with van der Waals surface area (Å²) in [6.07, 6.45) is 1.13. The summed E-state index contributed by atoms with van der Waals surface area (Å²) < 4.78 is 1.72. The summed E-state index contributed by atoms with van der Waals surface area (Å²) in [5.74, 6) is 1.55. The monoisotopic (exact) mass is 244 g/mol. The van der Waals surface area contributed by atoms with E-state index in [0.29, 0.717) is 5.88 Å². The van der Waals surface area contributed by atoms with E-state index in [9.17, 15) is 0 Å². The van der Waals surface area contributed by atoms with E-state index in [-0.39, 0.29) is 0 Å². The molecule has 0 saturated carbocycles. The SMILES string of the molecule is Cn1nnnc1N1CCCN(CCCl)CC1. The van der Waals surface area contributed by atoms with Crippen molar-refractivity contribution in [2.75, 3.05) is 43.5 Å². The Kier molecular flexibility index (Phi) is 3.95. The summed E-state index contributed by atoms with van der Waals surface area (Å²) >= 11 is 5.76. The molecule has 16 heavy (non-hydrogen) atoms. The molecule has 6 nitrogen and oxygen atoms in total. The lowest BCUT2D eigenvalue weighted by molar-refractivity contribution is 0.311. The topological polar surface area (TPSA) is 50.1 Å². The smallest absolute Gasteiger partial charge is 0.245 e. The van der Waals surface area contributed by atoms with Crippen molar-refractivity contribution < 1.29 is 0 Å². The summed E-state index contributed by atoms with van der Waals surface area (Å²) in [6.45, 7) is 5.07. The van der Waals surface area contributed by atoms with Gasteiger partial charge in [0, 0.05) is 39.1 Å². The van der Waals surface area contributed by atoms with Gasteiger partial charge in [0.25, 0.3) is 0 Å². The zero-order chi connectivity index (χ0) is 11.4. The number of halogens is 1. The highest BCUT2D eigenvalue weighted by atomic mass is 35.5. The van der Waals surface area contributed by atoms with Crippen LogP contribution in [-0.2, 0) is 7.05 Å². The first-order chi connectivity index (χ1) is 7.81. The number of anilines is 1. The molecule has 7 heteroatoms. The van der Waals surface area contributed by atoms with Gasteiger partial charge in [-0.2, -0.15) is 0 Å². The van der Waals surface area contributed by atoms with E-state index in [4.69, 9.17) is 11.6 Å². The Hall–Kier alpha value is -0.880. The van der Waals surface area contributed by atoms with Gasteiger partial charge in [0.05, 0.1) is 0 Å². The van der Waals surface area contributed by atoms with Crippen LogP contribution in [0.4, 0.5) is 5.95 Å². The van der Waals surface area contributed by atoms with Gasteiger partial charge in [-0.25, -0.2) is 4.68 Å². The van der Waals surface area contributed by atoms with Crippen molar-refractivity contribution in [3.05, 3.63) is 0 Å². The van der Waals surface area contributed by atoms with E-state index in [1.807, 2.05) is 7.05 Å². The summed E-state index contributed by atoms with van der Waals surface area (Å²) in [4.78, 5) is 4.62. The van der Waals surface area contributed by atoms with Crippen LogP contribution in [0.3, 0.4) is 0 Å². The molecule has 2 heterocycles. The fourth-order valence-electron chi connectivity index (χ4n) is 2.01. The van der Waals surface area contributed by atoms with E-state index in [1.165, 1.54) is 0 Å². The minimum Gasteiger partial charge on any atom is -0.338 e. The Labute approximate surface area is 100 Å². The van der Waals surface area contributed by atoms with Crippen LogP contribution in [0.2, 0.25) is 0 Å². The molecule has 0 amide bonds. The van der Waals surface area contributed by atoms with Crippen LogP contribution in [0, 0.1) is 0 Å². The Morgan fingerprint density at radius 2 is 2.12 bits per heavy atom. The molecule has 0 aliphatic carbocycles. The van der Waals surface area contributed by atoms with E-state index < -0.39 is 0 Å². The van der Waals surface area contributed by atoms with Gasteiger partial charge in [0.1, 0.15) is 0 Å². The number of aromatic nitrogens is 4. The number of nitrogens with zero attached hydrogens (tertiary/aromatic N) is 6. The molecule has 0 spiro atoms. The van der Waals surface area contributed by atoms with Gasteiger partial charge in [0.2, 0.25) is 5.95 Å². The van der Waals surface area contributed by atoms with E-state index in [0.717, 1.165) is 45.1 Å². The van der Waals surface area contributed by atoms with Crippen LogP contribution < -0.4 is 4.90 Å². The summed E-state index contributed by atoms with van der Waals surface area (Å²) in [7, 11) is 1.87. The second kappa shape index (κ2) is 5.45. The van der Waals surface area contributed by atoms with Gasteiger partial charge < -0.3 is 9.80 Å².